The predicted octanol–water partition coefficient (Wildman–Crippen LogP) is 5.35. The Morgan fingerprint density at radius 3 is 1.62 bits per heavy atom. The van der Waals surface area contributed by atoms with Crippen LogP contribution < -0.4 is 4.90 Å². The van der Waals surface area contributed by atoms with Crippen molar-refractivity contribution in [2.75, 3.05) is 18.0 Å². The first kappa shape index (κ1) is 14.8. The molecule has 108 valence electrons. The first-order valence-electron chi connectivity index (χ1n) is 6.97. The van der Waals surface area contributed by atoms with Gasteiger partial charge in [-0.25, -0.2) is 0 Å². The van der Waals surface area contributed by atoms with Gasteiger partial charge < -0.3 is 4.90 Å². The summed E-state index contributed by atoms with van der Waals surface area (Å²) in [6, 6.07) is 14.6. The van der Waals surface area contributed by atoms with E-state index >= 15 is 0 Å². The van der Waals surface area contributed by atoms with Crippen molar-refractivity contribution in [1.29, 1.82) is 0 Å². The fourth-order valence-electron chi connectivity index (χ4n) is 2.01. The van der Waals surface area contributed by atoms with Crippen LogP contribution in [0.3, 0.4) is 0 Å². The Kier molecular flexibility index (Phi) is 5.15. The molecule has 0 fully saturated rings. The van der Waals surface area contributed by atoms with Gasteiger partial charge in [-0.2, -0.15) is 10.2 Å². The normalized spacial score (nSPS) is 10.8. The summed E-state index contributed by atoms with van der Waals surface area (Å²) >= 11 is 0. The Morgan fingerprint density at radius 1 is 0.762 bits per heavy atom. The molecule has 2 rings (SSSR count). The number of nitrogens with zero attached hydrogens (tertiary/aromatic N) is 4. The molecule has 0 bridgehead atoms. The molecule has 0 aliphatic carbocycles. The Morgan fingerprint density at radius 2 is 1.19 bits per heavy atom. The maximum Gasteiger partial charge on any atom is 0.108 e. The zero-order valence-corrected chi connectivity index (χ0v) is 12.2. The third kappa shape index (κ3) is 3.95. The van der Waals surface area contributed by atoms with Crippen LogP contribution in [-0.2, 0) is 0 Å². The minimum absolute atomic E-state index is 0.387. The van der Waals surface area contributed by atoms with E-state index in [0.717, 1.165) is 18.8 Å². The fourth-order valence-corrected chi connectivity index (χ4v) is 2.01. The van der Waals surface area contributed by atoms with Gasteiger partial charge in [-0.15, -0.1) is 4.91 Å². The lowest BCUT2D eigenvalue weighted by Gasteiger charge is -2.20. The van der Waals surface area contributed by atoms with Crippen molar-refractivity contribution in [1.82, 2.24) is 0 Å². The van der Waals surface area contributed by atoms with Crippen molar-refractivity contribution in [3.05, 3.63) is 53.4 Å². The van der Waals surface area contributed by atoms with Crippen LogP contribution in [0.5, 0.6) is 0 Å². The molecule has 0 amide bonds. The highest BCUT2D eigenvalue weighted by molar-refractivity contribution is 5.53. The van der Waals surface area contributed by atoms with Crippen molar-refractivity contribution < 1.29 is 0 Å². The van der Waals surface area contributed by atoms with Gasteiger partial charge in [-0.3, -0.25) is 0 Å². The van der Waals surface area contributed by atoms with E-state index < -0.39 is 0 Å². The van der Waals surface area contributed by atoms with Gasteiger partial charge in [0.15, 0.2) is 0 Å². The smallest absolute Gasteiger partial charge is 0.108 e. The van der Waals surface area contributed by atoms with Crippen molar-refractivity contribution in [2.45, 2.75) is 13.8 Å². The molecule has 0 N–H and O–H groups in total. The van der Waals surface area contributed by atoms with E-state index in [-0.39, 0.29) is 0 Å². The highest BCUT2D eigenvalue weighted by atomic mass is 16.3. The average Bonchev–Trinajstić information content (AvgIpc) is 2.55. The van der Waals surface area contributed by atoms with Crippen LogP contribution in [0.2, 0.25) is 0 Å². The summed E-state index contributed by atoms with van der Waals surface area (Å²) < 4.78 is 0. The molecule has 2 aromatic rings. The van der Waals surface area contributed by atoms with Gasteiger partial charge in [0.1, 0.15) is 5.69 Å². The first-order chi connectivity index (χ1) is 10.3. The van der Waals surface area contributed by atoms with Crippen LogP contribution >= 0.6 is 0 Å². The minimum atomic E-state index is 0.387. The van der Waals surface area contributed by atoms with E-state index in [1.807, 2.05) is 24.3 Å². The molecule has 0 atom stereocenters. The Hall–Kier alpha value is -2.56. The summed E-state index contributed by atoms with van der Waals surface area (Å²) in [5.41, 5.74) is 3.05. The van der Waals surface area contributed by atoms with Gasteiger partial charge >= 0.3 is 0 Å². The molecule has 0 radical (unpaired) electrons. The summed E-state index contributed by atoms with van der Waals surface area (Å²) in [7, 11) is 0. The Labute approximate surface area is 124 Å². The molecule has 5 heteroatoms. The molecule has 0 heterocycles. The van der Waals surface area contributed by atoms with Crippen LogP contribution in [0.15, 0.2) is 63.9 Å². The number of azo groups is 1. The molecule has 0 spiro atoms. The van der Waals surface area contributed by atoms with Crippen LogP contribution in [0.4, 0.5) is 22.7 Å². The molecule has 21 heavy (non-hydrogen) atoms. The van der Waals surface area contributed by atoms with E-state index in [1.165, 1.54) is 5.69 Å². The zero-order valence-electron chi connectivity index (χ0n) is 12.2. The molecule has 0 aromatic heterocycles. The van der Waals surface area contributed by atoms with E-state index in [4.69, 9.17) is 0 Å². The lowest BCUT2D eigenvalue weighted by atomic mass is 10.2. The number of benzene rings is 2. The van der Waals surface area contributed by atoms with E-state index in [0.29, 0.717) is 11.4 Å². The Balaban J connectivity index is 2.08. The van der Waals surface area contributed by atoms with E-state index in [1.54, 1.807) is 24.3 Å². The van der Waals surface area contributed by atoms with Crippen LogP contribution in [-0.4, -0.2) is 13.1 Å². The molecule has 0 aliphatic heterocycles. The molecule has 0 saturated carbocycles. The summed E-state index contributed by atoms with van der Waals surface area (Å²) in [6.45, 7) is 6.23. The van der Waals surface area contributed by atoms with Gasteiger partial charge in [0, 0.05) is 18.8 Å². The topological polar surface area (TPSA) is 57.4 Å². The first-order valence-corrected chi connectivity index (χ1v) is 6.97. The van der Waals surface area contributed by atoms with Crippen molar-refractivity contribution in [3.8, 4) is 0 Å². The molecule has 5 nitrogen and oxygen atoms in total. The summed E-state index contributed by atoms with van der Waals surface area (Å²) in [5, 5.41) is 11.2. The summed E-state index contributed by atoms with van der Waals surface area (Å²) in [6.07, 6.45) is 0. The number of hydrogen-bond donors (Lipinski definition) is 0. The number of rotatable bonds is 6. The third-order valence-corrected chi connectivity index (χ3v) is 3.21. The SMILES string of the molecule is CCN(CC)c1ccc(N=Nc2ccc(N=O)cc2)cc1. The standard InChI is InChI=1S/C16H18N4O/c1-3-20(4-2)16-11-9-14(10-12-16)18-17-13-5-7-15(19-21)8-6-13/h5-12H,3-4H2,1-2H3. The van der Waals surface area contributed by atoms with Crippen LogP contribution in [0.1, 0.15) is 13.8 Å². The molecule has 2 aromatic carbocycles. The molecule has 0 saturated heterocycles. The van der Waals surface area contributed by atoms with Gasteiger partial charge in [-0.1, -0.05) is 0 Å². The molecule has 0 aliphatic rings. The second kappa shape index (κ2) is 7.28. The number of nitroso groups, excluding NO2 is 1. The number of hydrogen-bond acceptors (Lipinski definition) is 5. The van der Waals surface area contributed by atoms with Gasteiger partial charge in [-0.05, 0) is 67.6 Å². The molecule has 0 unspecified atom stereocenters. The second-order valence-corrected chi connectivity index (χ2v) is 4.50. The summed E-state index contributed by atoms with van der Waals surface area (Å²) in [4.78, 5) is 12.6. The second-order valence-electron chi connectivity index (χ2n) is 4.50. The quantitative estimate of drug-likeness (QED) is 0.530. The van der Waals surface area contributed by atoms with Crippen molar-refractivity contribution in [2.24, 2.45) is 15.4 Å². The highest BCUT2D eigenvalue weighted by Crippen LogP contribution is 2.23. The summed E-state index contributed by atoms with van der Waals surface area (Å²) in [5.74, 6) is 0. The molecular weight excluding hydrogens is 264 g/mol. The maximum atomic E-state index is 10.3. The van der Waals surface area contributed by atoms with E-state index in [2.05, 4.69) is 34.2 Å². The minimum Gasteiger partial charge on any atom is -0.372 e. The average molecular weight is 282 g/mol. The predicted molar refractivity (Wildman–Crippen MR) is 86.1 cm³/mol. The number of anilines is 1. The zero-order chi connectivity index (χ0) is 15.1. The monoisotopic (exact) mass is 282 g/mol. The van der Waals surface area contributed by atoms with Crippen molar-refractivity contribution in [3.63, 3.8) is 0 Å². The van der Waals surface area contributed by atoms with Gasteiger partial charge in [0.2, 0.25) is 0 Å². The molecular formula is C16H18N4O. The fraction of sp³-hybridized carbons (Fsp3) is 0.250. The maximum absolute atomic E-state index is 10.3. The van der Waals surface area contributed by atoms with Crippen molar-refractivity contribution >= 4 is 22.7 Å². The van der Waals surface area contributed by atoms with Gasteiger partial charge in [0.25, 0.3) is 0 Å². The van der Waals surface area contributed by atoms with Crippen LogP contribution in [0.25, 0.3) is 0 Å². The van der Waals surface area contributed by atoms with E-state index in [9.17, 15) is 4.91 Å². The highest BCUT2D eigenvalue weighted by Gasteiger charge is 2.00. The largest absolute Gasteiger partial charge is 0.372 e. The third-order valence-electron chi connectivity index (χ3n) is 3.21. The lowest BCUT2D eigenvalue weighted by molar-refractivity contribution is 0.866. The lowest BCUT2D eigenvalue weighted by Crippen LogP contribution is -2.21. The van der Waals surface area contributed by atoms with Gasteiger partial charge in [0.05, 0.1) is 11.4 Å². The Bertz CT molecular complexity index is 601. The van der Waals surface area contributed by atoms with Crippen LogP contribution in [0, 0.1) is 4.91 Å².